The smallest absolute Gasteiger partial charge is 0.388 e. The number of hydrogen-bond donors (Lipinski definition) is 0. The lowest BCUT2D eigenvalue weighted by Gasteiger charge is -2.20. The first-order valence-electron chi connectivity index (χ1n) is 7.97. The standard InChI is InChI=1S/C18H16F3N3O2/c1-2-23(10-14-15(20)4-3-5-16(14)21)11-24-18(25)26-17(22-24)12-6-8-13(19)9-7-12/h3-9H,2,10-11H2,1H3. The molecular weight excluding hydrogens is 347 g/mol. The van der Waals surface area contributed by atoms with Crippen LogP contribution in [0.1, 0.15) is 12.5 Å². The van der Waals surface area contributed by atoms with Crippen molar-refractivity contribution in [3.05, 3.63) is 76.0 Å². The van der Waals surface area contributed by atoms with Gasteiger partial charge >= 0.3 is 5.76 Å². The Morgan fingerprint density at radius 1 is 1.08 bits per heavy atom. The third kappa shape index (κ3) is 3.85. The molecule has 1 aromatic heterocycles. The van der Waals surface area contributed by atoms with Gasteiger partial charge in [0.05, 0.1) is 0 Å². The molecular formula is C18H16F3N3O2. The zero-order valence-corrected chi connectivity index (χ0v) is 14.0. The van der Waals surface area contributed by atoms with Crippen molar-refractivity contribution in [1.82, 2.24) is 14.7 Å². The van der Waals surface area contributed by atoms with Gasteiger partial charge in [-0.1, -0.05) is 13.0 Å². The van der Waals surface area contributed by atoms with Crippen LogP contribution in [0.4, 0.5) is 13.2 Å². The quantitative estimate of drug-likeness (QED) is 0.674. The highest BCUT2D eigenvalue weighted by molar-refractivity contribution is 5.51. The van der Waals surface area contributed by atoms with Crippen LogP contribution in [0.5, 0.6) is 0 Å². The zero-order valence-electron chi connectivity index (χ0n) is 14.0. The van der Waals surface area contributed by atoms with E-state index >= 15 is 0 Å². The maximum Gasteiger partial charge on any atom is 0.438 e. The van der Waals surface area contributed by atoms with Crippen LogP contribution in [0.15, 0.2) is 51.7 Å². The van der Waals surface area contributed by atoms with Crippen molar-refractivity contribution in [2.75, 3.05) is 6.54 Å². The molecule has 5 nitrogen and oxygen atoms in total. The van der Waals surface area contributed by atoms with Crippen LogP contribution in [0.3, 0.4) is 0 Å². The summed E-state index contributed by atoms with van der Waals surface area (Å²) in [6.07, 6.45) is 0. The number of rotatable bonds is 6. The Morgan fingerprint density at radius 2 is 1.73 bits per heavy atom. The average Bonchev–Trinajstić information content (AvgIpc) is 2.98. The van der Waals surface area contributed by atoms with Gasteiger partial charge in [-0.05, 0) is 42.9 Å². The van der Waals surface area contributed by atoms with Gasteiger partial charge in [-0.25, -0.2) is 18.0 Å². The minimum absolute atomic E-state index is 0.00615. The first-order chi connectivity index (χ1) is 12.5. The van der Waals surface area contributed by atoms with Crippen molar-refractivity contribution < 1.29 is 17.6 Å². The summed E-state index contributed by atoms with van der Waals surface area (Å²) in [7, 11) is 0. The van der Waals surface area contributed by atoms with Gasteiger partial charge in [-0.15, -0.1) is 5.10 Å². The Balaban J connectivity index is 1.81. The van der Waals surface area contributed by atoms with Gasteiger partial charge in [0, 0.05) is 17.7 Å². The van der Waals surface area contributed by atoms with E-state index in [0.29, 0.717) is 12.1 Å². The molecule has 0 bridgehead atoms. The molecule has 0 radical (unpaired) electrons. The van der Waals surface area contributed by atoms with E-state index in [1.54, 1.807) is 11.8 Å². The van der Waals surface area contributed by atoms with E-state index in [9.17, 15) is 18.0 Å². The van der Waals surface area contributed by atoms with Crippen molar-refractivity contribution in [2.45, 2.75) is 20.1 Å². The minimum Gasteiger partial charge on any atom is -0.388 e. The van der Waals surface area contributed by atoms with Crippen LogP contribution in [0, 0.1) is 17.5 Å². The second kappa shape index (κ2) is 7.57. The molecule has 1 heterocycles. The zero-order chi connectivity index (χ0) is 18.7. The van der Waals surface area contributed by atoms with Gasteiger partial charge in [0.2, 0.25) is 5.89 Å². The molecule has 3 aromatic rings. The number of hydrogen-bond acceptors (Lipinski definition) is 4. The molecule has 26 heavy (non-hydrogen) atoms. The van der Waals surface area contributed by atoms with E-state index in [0.717, 1.165) is 4.68 Å². The number of halogens is 3. The van der Waals surface area contributed by atoms with E-state index in [-0.39, 0.29) is 24.7 Å². The van der Waals surface area contributed by atoms with E-state index in [1.807, 2.05) is 0 Å². The Hall–Kier alpha value is -2.87. The molecule has 0 aliphatic heterocycles. The second-order valence-electron chi connectivity index (χ2n) is 5.67. The third-order valence-electron chi connectivity index (χ3n) is 3.92. The Kier molecular flexibility index (Phi) is 5.22. The number of aromatic nitrogens is 2. The molecule has 0 aliphatic rings. The minimum atomic E-state index is -0.711. The van der Waals surface area contributed by atoms with Gasteiger partial charge in [-0.2, -0.15) is 4.68 Å². The molecule has 0 fully saturated rings. The Labute approximate surface area is 147 Å². The molecule has 8 heteroatoms. The number of benzene rings is 2. The Morgan fingerprint density at radius 3 is 2.35 bits per heavy atom. The highest BCUT2D eigenvalue weighted by Gasteiger charge is 2.16. The SMILES string of the molecule is CCN(Cc1c(F)cccc1F)Cn1nc(-c2ccc(F)cc2)oc1=O. The fourth-order valence-electron chi connectivity index (χ4n) is 2.46. The summed E-state index contributed by atoms with van der Waals surface area (Å²) in [5, 5.41) is 4.07. The number of nitrogens with zero attached hydrogens (tertiary/aromatic N) is 3. The molecule has 136 valence electrons. The van der Waals surface area contributed by atoms with Crippen LogP contribution >= 0.6 is 0 Å². The van der Waals surface area contributed by atoms with Gasteiger partial charge in [0.15, 0.2) is 0 Å². The lowest BCUT2D eigenvalue weighted by molar-refractivity contribution is 0.197. The predicted octanol–water partition coefficient (Wildman–Crippen LogP) is 3.40. The summed E-state index contributed by atoms with van der Waals surface area (Å²) in [4.78, 5) is 13.6. The van der Waals surface area contributed by atoms with Crippen LogP contribution in [-0.4, -0.2) is 21.2 Å². The summed E-state index contributed by atoms with van der Waals surface area (Å²) >= 11 is 0. The van der Waals surface area contributed by atoms with Crippen molar-refractivity contribution in [2.24, 2.45) is 0 Å². The molecule has 3 rings (SSSR count). The molecule has 0 amide bonds. The van der Waals surface area contributed by atoms with Crippen molar-refractivity contribution in [1.29, 1.82) is 0 Å². The van der Waals surface area contributed by atoms with Crippen molar-refractivity contribution in [3.63, 3.8) is 0 Å². The van der Waals surface area contributed by atoms with Gasteiger partial charge in [0.25, 0.3) is 0 Å². The van der Waals surface area contributed by atoms with Gasteiger partial charge in [-0.3, -0.25) is 4.90 Å². The van der Waals surface area contributed by atoms with Gasteiger partial charge < -0.3 is 4.42 Å². The molecule has 0 saturated heterocycles. The molecule has 0 unspecified atom stereocenters. The summed E-state index contributed by atoms with van der Waals surface area (Å²) in [5.41, 5.74) is 0.370. The molecule has 0 N–H and O–H groups in total. The monoisotopic (exact) mass is 363 g/mol. The lowest BCUT2D eigenvalue weighted by Crippen LogP contribution is -2.31. The maximum atomic E-state index is 13.8. The molecule has 0 atom stereocenters. The largest absolute Gasteiger partial charge is 0.438 e. The molecule has 0 spiro atoms. The first-order valence-corrected chi connectivity index (χ1v) is 7.97. The van der Waals surface area contributed by atoms with Crippen LogP contribution in [-0.2, 0) is 13.2 Å². The normalized spacial score (nSPS) is 11.3. The highest BCUT2D eigenvalue weighted by atomic mass is 19.1. The molecule has 2 aromatic carbocycles. The summed E-state index contributed by atoms with van der Waals surface area (Å²) < 4.78 is 46.8. The lowest BCUT2D eigenvalue weighted by atomic mass is 10.2. The van der Waals surface area contributed by atoms with Crippen LogP contribution < -0.4 is 5.76 Å². The highest BCUT2D eigenvalue weighted by Crippen LogP contribution is 2.17. The Bertz CT molecular complexity index is 931. The molecule has 0 aliphatic carbocycles. The second-order valence-corrected chi connectivity index (χ2v) is 5.67. The van der Waals surface area contributed by atoms with Crippen LogP contribution in [0.2, 0.25) is 0 Å². The van der Waals surface area contributed by atoms with E-state index in [1.165, 1.54) is 42.5 Å². The van der Waals surface area contributed by atoms with E-state index in [2.05, 4.69) is 5.10 Å². The molecule has 0 saturated carbocycles. The maximum absolute atomic E-state index is 13.8. The summed E-state index contributed by atoms with van der Waals surface area (Å²) in [6, 6.07) is 9.00. The van der Waals surface area contributed by atoms with Gasteiger partial charge in [0.1, 0.15) is 24.1 Å². The third-order valence-corrected chi connectivity index (χ3v) is 3.92. The fraction of sp³-hybridized carbons (Fsp3) is 0.222. The average molecular weight is 363 g/mol. The fourth-order valence-corrected chi connectivity index (χ4v) is 2.46. The summed E-state index contributed by atoms with van der Waals surface area (Å²) in [5.74, 6) is -2.38. The van der Waals surface area contributed by atoms with E-state index in [4.69, 9.17) is 4.42 Å². The summed E-state index contributed by atoms with van der Waals surface area (Å²) in [6.45, 7) is 2.19. The van der Waals surface area contributed by atoms with Crippen molar-refractivity contribution >= 4 is 0 Å². The predicted molar refractivity (Wildman–Crippen MR) is 88.6 cm³/mol. The van der Waals surface area contributed by atoms with Crippen LogP contribution in [0.25, 0.3) is 11.5 Å². The topological polar surface area (TPSA) is 51.3 Å². The van der Waals surface area contributed by atoms with Crippen molar-refractivity contribution in [3.8, 4) is 11.5 Å². The van der Waals surface area contributed by atoms with E-state index < -0.39 is 23.2 Å². The first kappa shape index (κ1) is 17.9.